The van der Waals surface area contributed by atoms with E-state index in [2.05, 4.69) is 4.98 Å². The van der Waals surface area contributed by atoms with Crippen LogP contribution in [0.3, 0.4) is 0 Å². The molecule has 1 amide bonds. The summed E-state index contributed by atoms with van der Waals surface area (Å²) in [6.07, 6.45) is 1.16. The summed E-state index contributed by atoms with van der Waals surface area (Å²) in [7, 11) is -3.94. The second kappa shape index (κ2) is 11.1. The summed E-state index contributed by atoms with van der Waals surface area (Å²) in [6.45, 7) is 0. The minimum atomic E-state index is -3.94. The number of aliphatic hydroxyl groups excluding tert-OH is 1. The van der Waals surface area contributed by atoms with E-state index in [-0.39, 0.29) is 25.4 Å². The SMILES string of the molecule is Nc1ccc(C(O)=C2C(=O)C(=O)N(c3ncc(S(=O)(=O)c4ccccc4)s3)C2c2cccc(Cl)c2)c(-c2ccccc2)c1. The molecule has 1 aromatic heterocycles. The molecule has 0 spiro atoms. The molecule has 6 rings (SSSR count). The van der Waals surface area contributed by atoms with Gasteiger partial charge >= 0.3 is 5.91 Å². The third kappa shape index (κ3) is 5.10. The number of nitrogens with two attached hydrogens (primary N) is 1. The lowest BCUT2D eigenvalue weighted by Crippen LogP contribution is -2.29. The zero-order valence-electron chi connectivity index (χ0n) is 22.2. The van der Waals surface area contributed by atoms with Crippen LogP contribution < -0.4 is 10.6 Å². The highest BCUT2D eigenvalue weighted by Crippen LogP contribution is 2.45. The van der Waals surface area contributed by atoms with Crippen molar-refractivity contribution in [3.63, 3.8) is 0 Å². The molecule has 1 aliphatic heterocycles. The molecule has 43 heavy (non-hydrogen) atoms. The van der Waals surface area contributed by atoms with E-state index < -0.39 is 33.3 Å². The van der Waals surface area contributed by atoms with E-state index in [0.29, 0.717) is 21.8 Å². The Kier molecular flexibility index (Phi) is 7.35. The molecule has 8 nitrogen and oxygen atoms in total. The quantitative estimate of drug-likeness (QED) is 0.0950. The average molecular weight is 628 g/mol. The number of rotatable bonds is 6. The Hall–Kier alpha value is -4.77. The van der Waals surface area contributed by atoms with Gasteiger partial charge in [-0.15, -0.1) is 0 Å². The van der Waals surface area contributed by atoms with Gasteiger partial charge in [0, 0.05) is 16.3 Å². The van der Waals surface area contributed by atoms with Crippen LogP contribution in [0.2, 0.25) is 5.02 Å². The van der Waals surface area contributed by atoms with Crippen LogP contribution in [0, 0.1) is 0 Å². The van der Waals surface area contributed by atoms with E-state index in [4.69, 9.17) is 17.3 Å². The van der Waals surface area contributed by atoms with Crippen LogP contribution >= 0.6 is 22.9 Å². The molecule has 5 aromatic rings. The predicted octanol–water partition coefficient (Wildman–Crippen LogP) is 6.50. The summed E-state index contributed by atoms with van der Waals surface area (Å²) >= 11 is 7.07. The van der Waals surface area contributed by atoms with E-state index in [9.17, 15) is 23.1 Å². The Balaban J connectivity index is 1.54. The van der Waals surface area contributed by atoms with Crippen LogP contribution in [-0.2, 0) is 19.4 Å². The van der Waals surface area contributed by atoms with Gasteiger partial charge in [0.15, 0.2) is 5.13 Å². The minimum absolute atomic E-state index is 0.0266. The molecule has 214 valence electrons. The zero-order valence-corrected chi connectivity index (χ0v) is 24.6. The van der Waals surface area contributed by atoms with Crippen molar-refractivity contribution >= 4 is 61.0 Å². The molecule has 3 N–H and O–H groups in total. The number of aromatic nitrogens is 1. The maximum absolute atomic E-state index is 13.7. The van der Waals surface area contributed by atoms with Crippen LogP contribution in [0.25, 0.3) is 16.9 Å². The second-order valence-electron chi connectivity index (χ2n) is 9.67. The first-order valence-electron chi connectivity index (χ1n) is 12.9. The van der Waals surface area contributed by atoms with Gasteiger partial charge in [-0.2, -0.15) is 0 Å². The number of nitrogen functional groups attached to an aromatic ring is 1. The molecule has 0 saturated carbocycles. The van der Waals surface area contributed by atoms with Crippen LogP contribution in [0.4, 0.5) is 10.8 Å². The van der Waals surface area contributed by atoms with E-state index in [1.54, 1.807) is 60.7 Å². The van der Waals surface area contributed by atoms with Crippen molar-refractivity contribution in [2.24, 2.45) is 0 Å². The van der Waals surface area contributed by atoms with E-state index in [1.165, 1.54) is 12.1 Å². The number of benzene rings is 4. The number of sulfone groups is 1. The van der Waals surface area contributed by atoms with Gasteiger partial charge < -0.3 is 10.8 Å². The molecule has 0 aliphatic carbocycles. The summed E-state index contributed by atoms with van der Waals surface area (Å²) in [5, 5.41) is 12.1. The highest BCUT2D eigenvalue weighted by molar-refractivity contribution is 7.93. The average Bonchev–Trinajstić information content (AvgIpc) is 3.61. The van der Waals surface area contributed by atoms with Crippen molar-refractivity contribution in [3.05, 3.63) is 131 Å². The first-order chi connectivity index (χ1) is 20.7. The van der Waals surface area contributed by atoms with Crippen molar-refractivity contribution in [2.75, 3.05) is 10.6 Å². The number of hydrogen-bond acceptors (Lipinski definition) is 8. The number of carbonyl (C=O) groups is 2. The maximum Gasteiger partial charge on any atom is 0.301 e. The van der Waals surface area contributed by atoms with Crippen LogP contribution in [-0.4, -0.2) is 30.2 Å². The Labute approximate surface area is 256 Å². The molecular weight excluding hydrogens is 606 g/mol. The van der Waals surface area contributed by atoms with Crippen molar-refractivity contribution in [2.45, 2.75) is 15.1 Å². The highest BCUT2D eigenvalue weighted by Gasteiger charge is 2.48. The molecular formula is C32H22ClN3O5S2. The second-order valence-corrected chi connectivity index (χ2v) is 13.3. The monoisotopic (exact) mass is 627 g/mol. The molecule has 1 aliphatic rings. The molecule has 1 atom stereocenters. The molecule has 1 fully saturated rings. The Morgan fingerprint density at radius 1 is 0.907 bits per heavy atom. The number of nitrogens with zero attached hydrogens (tertiary/aromatic N) is 2. The number of amides is 1. The van der Waals surface area contributed by atoms with Crippen LogP contribution in [0.1, 0.15) is 17.2 Å². The Morgan fingerprint density at radius 3 is 2.30 bits per heavy atom. The number of anilines is 2. The molecule has 11 heteroatoms. The van der Waals surface area contributed by atoms with Crippen molar-refractivity contribution in [1.82, 2.24) is 4.98 Å². The first kappa shape index (κ1) is 28.4. The number of carbonyl (C=O) groups excluding carboxylic acids is 2. The fourth-order valence-electron chi connectivity index (χ4n) is 4.99. The lowest BCUT2D eigenvalue weighted by Gasteiger charge is -2.23. The molecule has 4 aromatic carbocycles. The fraction of sp³-hybridized carbons (Fsp3) is 0.0312. The van der Waals surface area contributed by atoms with E-state index in [1.807, 2.05) is 30.3 Å². The van der Waals surface area contributed by atoms with E-state index in [0.717, 1.165) is 28.0 Å². The standard InChI is InChI=1S/C32H22ClN3O5S2/c33-21-11-7-10-20(16-21)28-27(29(37)24-15-14-22(34)17-25(24)19-8-3-1-4-9-19)30(38)31(39)36(28)32-35-18-26(42-32)43(40,41)23-12-5-2-6-13-23/h1-18,28,37H,34H2. The Bertz CT molecular complexity index is 2030. The third-order valence-corrected chi connectivity index (χ3v) is 10.5. The minimum Gasteiger partial charge on any atom is -0.507 e. The third-order valence-electron chi connectivity index (χ3n) is 6.99. The smallest absolute Gasteiger partial charge is 0.301 e. The van der Waals surface area contributed by atoms with Gasteiger partial charge in [-0.25, -0.2) is 13.4 Å². The van der Waals surface area contributed by atoms with Crippen LogP contribution in [0.5, 0.6) is 0 Å². The van der Waals surface area contributed by atoms with Crippen molar-refractivity contribution in [1.29, 1.82) is 0 Å². The normalized spacial score (nSPS) is 16.5. The molecule has 1 saturated heterocycles. The summed E-state index contributed by atoms with van der Waals surface area (Å²) in [4.78, 5) is 32.8. The number of ketones is 1. The van der Waals surface area contributed by atoms with Gasteiger partial charge in [-0.05, 0) is 59.2 Å². The van der Waals surface area contributed by atoms with Gasteiger partial charge in [0.05, 0.1) is 22.7 Å². The summed E-state index contributed by atoms with van der Waals surface area (Å²) in [5.74, 6) is -2.35. The topological polar surface area (TPSA) is 131 Å². The van der Waals surface area contributed by atoms with Gasteiger partial charge in [0.25, 0.3) is 5.78 Å². The first-order valence-corrected chi connectivity index (χ1v) is 15.6. The van der Waals surface area contributed by atoms with Gasteiger partial charge in [0.2, 0.25) is 9.84 Å². The number of halogens is 1. The molecule has 0 bridgehead atoms. The number of hydrogen-bond donors (Lipinski definition) is 2. The predicted molar refractivity (Wildman–Crippen MR) is 167 cm³/mol. The summed E-state index contributed by atoms with van der Waals surface area (Å²) < 4.78 is 26.5. The van der Waals surface area contributed by atoms with E-state index >= 15 is 0 Å². The van der Waals surface area contributed by atoms with Gasteiger partial charge in [-0.1, -0.05) is 83.6 Å². The highest BCUT2D eigenvalue weighted by atomic mass is 35.5. The molecule has 0 radical (unpaired) electrons. The summed E-state index contributed by atoms with van der Waals surface area (Å²) in [5.41, 5.74) is 8.33. The van der Waals surface area contributed by atoms with Crippen molar-refractivity contribution < 1.29 is 23.1 Å². The molecule has 2 heterocycles. The lowest BCUT2D eigenvalue weighted by atomic mass is 9.91. The Morgan fingerprint density at radius 2 is 1.60 bits per heavy atom. The molecule has 1 unspecified atom stereocenters. The van der Waals surface area contributed by atoms with Crippen LogP contribution in [0.15, 0.2) is 124 Å². The van der Waals surface area contributed by atoms with Gasteiger partial charge in [-0.3, -0.25) is 14.5 Å². The summed E-state index contributed by atoms with van der Waals surface area (Å²) in [6, 6.07) is 27.3. The van der Waals surface area contributed by atoms with Crippen molar-refractivity contribution in [3.8, 4) is 11.1 Å². The lowest BCUT2D eigenvalue weighted by molar-refractivity contribution is -0.132. The number of aliphatic hydroxyl groups is 1. The number of thiazole rings is 1. The fourth-order valence-corrected chi connectivity index (χ4v) is 7.76. The zero-order chi connectivity index (χ0) is 30.3. The number of Topliss-reactive ketones (excluding diaryl/α,β-unsaturated/α-hetero) is 1. The van der Waals surface area contributed by atoms with Gasteiger partial charge in [0.1, 0.15) is 9.97 Å². The largest absolute Gasteiger partial charge is 0.507 e. The maximum atomic E-state index is 13.7.